The lowest BCUT2D eigenvalue weighted by Crippen LogP contribution is -2.64. The molecular weight excluding hydrogens is 407 g/mol. The molecule has 2 N–H and O–H groups in total. The lowest BCUT2D eigenvalue weighted by Gasteiger charge is -2.56. The molecule has 0 radical (unpaired) electrons. The van der Waals surface area contributed by atoms with Gasteiger partial charge in [-0.25, -0.2) is 4.39 Å². The topological polar surface area (TPSA) is 113 Å². The predicted octanol–water partition coefficient (Wildman–Crippen LogP) is 1.21. The van der Waals surface area contributed by atoms with Crippen molar-refractivity contribution in [1.82, 2.24) is 0 Å². The maximum absolute atomic E-state index is 15.4. The number of carbonyl (C=O) groups excluding carboxylic acids is 3. The first-order valence-electron chi connectivity index (χ1n) is 10.8. The summed E-state index contributed by atoms with van der Waals surface area (Å²) in [5, 5.41) is 22.4. The molecule has 3 unspecified atom stereocenters. The molecule has 1 saturated heterocycles. The zero-order chi connectivity index (χ0) is 22.6. The van der Waals surface area contributed by atoms with Crippen LogP contribution in [0.5, 0.6) is 0 Å². The predicted molar refractivity (Wildman–Crippen MR) is 104 cm³/mol. The number of Topliss-reactive ketones (excluding diaryl/α,β-unsaturated/α-hetero) is 1. The van der Waals surface area contributed by atoms with E-state index in [0.29, 0.717) is 12.0 Å². The molecular formula is C23H27FO7. The largest absolute Gasteiger partial charge is 0.458 e. The SMILES string of the molecule is CC(=O)OCC(=O)[C@@]1(O)[C@H](O)C[C@H]2C3C[C@@H](F)C4=CC(=O)C=C[C@]4(C)C34OC4C[C@@]21C. The van der Waals surface area contributed by atoms with Crippen molar-refractivity contribution >= 4 is 17.5 Å². The second kappa shape index (κ2) is 6.11. The highest BCUT2D eigenvalue weighted by molar-refractivity contribution is 6.01. The number of aliphatic hydroxyl groups excluding tert-OH is 1. The molecule has 4 aliphatic carbocycles. The summed E-state index contributed by atoms with van der Waals surface area (Å²) in [6.45, 7) is 4.16. The van der Waals surface area contributed by atoms with Crippen LogP contribution < -0.4 is 0 Å². The Hall–Kier alpha value is -1.90. The highest BCUT2D eigenvalue weighted by atomic mass is 19.1. The molecule has 0 amide bonds. The molecule has 4 fully saturated rings. The molecule has 0 aromatic heterocycles. The molecule has 5 rings (SSSR count). The normalized spacial score (nSPS) is 51.7. The molecule has 168 valence electrons. The summed E-state index contributed by atoms with van der Waals surface area (Å²) in [6.07, 6.45) is 2.00. The van der Waals surface area contributed by atoms with Crippen LogP contribution in [0.1, 0.15) is 40.0 Å². The van der Waals surface area contributed by atoms with Gasteiger partial charge in [0, 0.05) is 17.8 Å². The van der Waals surface area contributed by atoms with Crippen molar-refractivity contribution in [3.8, 4) is 0 Å². The lowest BCUT2D eigenvalue weighted by atomic mass is 9.46. The number of fused-ring (bicyclic) bond motifs is 3. The number of esters is 1. The molecule has 0 aromatic rings. The van der Waals surface area contributed by atoms with Gasteiger partial charge in [0.1, 0.15) is 11.8 Å². The van der Waals surface area contributed by atoms with Gasteiger partial charge in [-0.15, -0.1) is 0 Å². The summed E-state index contributed by atoms with van der Waals surface area (Å²) >= 11 is 0. The van der Waals surface area contributed by atoms with Crippen LogP contribution in [0.15, 0.2) is 23.8 Å². The summed E-state index contributed by atoms with van der Waals surface area (Å²) in [6, 6.07) is 0. The fourth-order valence-corrected chi connectivity index (χ4v) is 7.44. The Morgan fingerprint density at radius 1 is 1.29 bits per heavy atom. The summed E-state index contributed by atoms with van der Waals surface area (Å²) in [5.74, 6) is -2.38. The van der Waals surface area contributed by atoms with Crippen LogP contribution in [0.4, 0.5) is 4.39 Å². The van der Waals surface area contributed by atoms with E-state index in [9.17, 15) is 24.6 Å². The lowest BCUT2D eigenvalue weighted by molar-refractivity contribution is -0.178. The van der Waals surface area contributed by atoms with Crippen LogP contribution in [-0.4, -0.2) is 63.9 Å². The molecule has 1 aliphatic heterocycles. The highest BCUT2D eigenvalue weighted by Gasteiger charge is 2.83. The average Bonchev–Trinajstić information content (AvgIpc) is 3.38. The van der Waals surface area contributed by atoms with Crippen molar-refractivity contribution in [3.05, 3.63) is 23.8 Å². The first kappa shape index (κ1) is 21.0. The zero-order valence-corrected chi connectivity index (χ0v) is 17.8. The van der Waals surface area contributed by atoms with Gasteiger partial charge in [0.05, 0.1) is 12.2 Å². The smallest absolute Gasteiger partial charge is 0.303 e. The third kappa shape index (κ3) is 2.31. The number of hydrogen-bond acceptors (Lipinski definition) is 7. The van der Waals surface area contributed by atoms with Gasteiger partial charge < -0.3 is 19.7 Å². The second-order valence-electron chi connectivity index (χ2n) is 10.2. The Bertz CT molecular complexity index is 958. The van der Waals surface area contributed by atoms with E-state index in [4.69, 9.17) is 9.47 Å². The van der Waals surface area contributed by atoms with Crippen LogP contribution in [0.25, 0.3) is 0 Å². The maximum Gasteiger partial charge on any atom is 0.303 e. The van der Waals surface area contributed by atoms with E-state index in [-0.39, 0.29) is 36.6 Å². The first-order valence-corrected chi connectivity index (χ1v) is 10.8. The van der Waals surface area contributed by atoms with Crippen LogP contribution in [0.3, 0.4) is 0 Å². The Balaban J connectivity index is 1.55. The number of carbonyl (C=O) groups is 3. The number of halogens is 1. The van der Waals surface area contributed by atoms with Gasteiger partial charge in [-0.3, -0.25) is 14.4 Å². The van der Waals surface area contributed by atoms with E-state index in [1.807, 2.05) is 6.92 Å². The maximum atomic E-state index is 15.4. The number of hydrogen-bond donors (Lipinski definition) is 2. The van der Waals surface area contributed by atoms with E-state index in [1.165, 1.54) is 12.2 Å². The molecule has 3 saturated carbocycles. The quantitative estimate of drug-likeness (QED) is 0.507. The molecule has 8 heteroatoms. The van der Waals surface area contributed by atoms with Gasteiger partial charge in [0.2, 0.25) is 5.78 Å². The molecule has 9 atom stereocenters. The van der Waals surface area contributed by atoms with Crippen LogP contribution in [0, 0.1) is 22.7 Å². The molecule has 7 nitrogen and oxygen atoms in total. The van der Waals surface area contributed by atoms with Gasteiger partial charge in [0.15, 0.2) is 18.0 Å². The minimum atomic E-state index is -2.12. The fourth-order valence-electron chi connectivity index (χ4n) is 7.44. The number of epoxide rings is 1. The first-order chi connectivity index (χ1) is 14.4. The average molecular weight is 434 g/mol. The summed E-state index contributed by atoms with van der Waals surface area (Å²) in [5.41, 5.74) is -4.30. The summed E-state index contributed by atoms with van der Waals surface area (Å²) in [4.78, 5) is 36.0. The second-order valence-corrected chi connectivity index (χ2v) is 10.2. The third-order valence-electron chi connectivity index (χ3n) is 8.97. The van der Waals surface area contributed by atoms with E-state index in [0.717, 1.165) is 6.92 Å². The van der Waals surface area contributed by atoms with Gasteiger partial charge >= 0.3 is 5.97 Å². The van der Waals surface area contributed by atoms with Crippen molar-refractivity contribution in [1.29, 1.82) is 0 Å². The van der Waals surface area contributed by atoms with Crippen molar-refractivity contribution in [2.45, 2.75) is 69.6 Å². The van der Waals surface area contributed by atoms with Gasteiger partial charge in [0.25, 0.3) is 0 Å². The number of ether oxygens (including phenoxy) is 2. The molecule has 31 heavy (non-hydrogen) atoms. The molecule has 0 bridgehead atoms. The summed E-state index contributed by atoms with van der Waals surface area (Å²) in [7, 11) is 0. The van der Waals surface area contributed by atoms with E-state index >= 15 is 4.39 Å². The Labute approximate surface area is 179 Å². The number of ketones is 2. The van der Waals surface area contributed by atoms with Crippen molar-refractivity contribution < 1.29 is 38.5 Å². The van der Waals surface area contributed by atoms with Crippen molar-refractivity contribution in [2.75, 3.05) is 6.61 Å². The summed E-state index contributed by atoms with van der Waals surface area (Å²) < 4.78 is 26.5. The third-order valence-corrected chi connectivity index (χ3v) is 8.97. The molecule has 1 heterocycles. The minimum Gasteiger partial charge on any atom is -0.458 e. The van der Waals surface area contributed by atoms with Gasteiger partial charge in [-0.05, 0) is 55.7 Å². The fraction of sp³-hybridized carbons (Fsp3) is 0.696. The molecule has 0 aromatic carbocycles. The minimum absolute atomic E-state index is 0.0975. The van der Waals surface area contributed by atoms with Crippen LogP contribution in [0.2, 0.25) is 0 Å². The van der Waals surface area contributed by atoms with E-state index < -0.39 is 52.7 Å². The molecule has 1 spiro atoms. The molecule has 5 aliphatic rings. The highest BCUT2D eigenvalue weighted by Crippen LogP contribution is 2.76. The Morgan fingerprint density at radius 3 is 2.68 bits per heavy atom. The van der Waals surface area contributed by atoms with Crippen molar-refractivity contribution in [2.24, 2.45) is 22.7 Å². The number of allylic oxidation sites excluding steroid dienone is 2. The monoisotopic (exact) mass is 434 g/mol. The number of alkyl halides is 1. The van der Waals surface area contributed by atoms with Gasteiger partial charge in [-0.2, -0.15) is 0 Å². The van der Waals surface area contributed by atoms with E-state index in [2.05, 4.69) is 0 Å². The number of aliphatic hydroxyl groups is 2. The standard InChI is InChI=1S/C23H27FO7/c1-11(25)30-10-18(28)22(29)17(27)8-13-14-7-16(24)15-6-12(26)4-5-20(15,2)23(14)19(31-23)9-21(13,22)3/h4-6,13-14,16-17,19,27,29H,7-10H2,1-3H3/t13-,14?,16+,17+,19?,20-,21-,22-,23?/m0/s1. The number of rotatable bonds is 3. The Kier molecular flexibility index (Phi) is 4.14. The van der Waals surface area contributed by atoms with Crippen LogP contribution >= 0.6 is 0 Å². The zero-order valence-electron chi connectivity index (χ0n) is 17.8. The van der Waals surface area contributed by atoms with Gasteiger partial charge in [-0.1, -0.05) is 13.0 Å². The Morgan fingerprint density at radius 2 is 2.00 bits per heavy atom. The van der Waals surface area contributed by atoms with Crippen LogP contribution in [-0.2, 0) is 23.9 Å². The van der Waals surface area contributed by atoms with E-state index in [1.54, 1.807) is 13.0 Å². The van der Waals surface area contributed by atoms with Crippen molar-refractivity contribution in [3.63, 3.8) is 0 Å².